The van der Waals surface area contributed by atoms with Crippen molar-refractivity contribution in [2.75, 3.05) is 6.61 Å². The van der Waals surface area contributed by atoms with Gasteiger partial charge >= 0.3 is 5.97 Å². The van der Waals surface area contributed by atoms with Crippen LogP contribution in [0.2, 0.25) is 0 Å². The van der Waals surface area contributed by atoms with Gasteiger partial charge in [-0.2, -0.15) is 0 Å². The number of unbranched alkanes of at least 4 members (excludes halogenated alkanes) is 1. The molecular weight excluding hydrogens is 382 g/mol. The van der Waals surface area contributed by atoms with E-state index in [0.717, 1.165) is 25.0 Å². The van der Waals surface area contributed by atoms with Gasteiger partial charge in [0.05, 0.1) is 6.61 Å². The van der Waals surface area contributed by atoms with Crippen LogP contribution >= 0.6 is 17.0 Å². The highest BCUT2D eigenvalue weighted by Gasteiger charge is 2.26. The van der Waals surface area contributed by atoms with Gasteiger partial charge in [-0.05, 0) is 55.9 Å². The molecule has 0 bridgehead atoms. The van der Waals surface area contributed by atoms with E-state index in [1.165, 1.54) is 11.1 Å². The van der Waals surface area contributed by atoms with E-state index in [4.69, 9.17) is 15.6 Å². The quantitative estimate of drug-likeness (QED) is 0.610. The molecule has 0 aromatic heterocycles. The zero-order chi connectivity index (χ0) is 17.4. The van der Waals surface area contributed by atoms with Crippen LogP contribution in [0.5, 0.6) is 5.75 Å². The molecule has 2 aromatic carbocycles. The van der Waals surface area contributed by atoms with Crippen LogP contribution in [0.25, 0.3) is 0 Å². The Kier molecular flexibility index (Phi) is 8.66. The second-order valence-electron chi connectivity index (χ2n) is 6.33. The molecule has 0 amide bonds. The minimum Gasteiger partial charge on any atom is -0.494 e. The van der Waals surface area contributed by atoms with Crippen LogP contribution < -0.4 is 10.5 Å². The number of hydrogen-bond acceptors (Lipinski definition) is 3. The zero-order valence-corrected chi connectivity index (χ0v) is 16.2. The number of hydrogen-bond donors (Lipinski definition) is 2. The number of halogens is 1. The van der Waals surface area contributed by atoms with E-state index in [-0.39, 0.29) is 17.0 Å². The second kappa shape index (κ2) is 10.2. The molecule has 2 aromatic rings. The van der Waals surface area contributed by atoms with Gasteiger partial charge in [0.25, 0.3) is 0 Å². The Labute approximate surface area is 159 Å². The van der Waals surface area contributed by atoms with Crippen LogP contribution in [0, 0.1) is 0 Å². The lowest BCUT2D eigenvalue weighted by molar-refractivity contribution is -0.142. The van der Waals surface area contributed by atoms with E-state index in [0.29, 0.717) is 13.0 Å². The lowest BCUT2D eigenvalue weighted by Gasteiger charge is -2.18. The first kappa shape index (κ1) is 21.2. The number of aliphatic carboxylic acids is 1. The monoisotopic (exact) mass is 407 g/mol. The molecule has 0 fully saturated rings. The fraction of sp³-hybridized carbons (Fsp3) is 0.350. The van der Waals surface area contributed by atoms with Crippen LogP contribution in [0.4, 0.5) is 0 Å². The van der Waals surface area contributed by atoms with Gasteiger partial charge in [-0.15, -0.1) is 17.0 Å². The van der Waals surface area contributed by atoms with E-state index < -0.39 is 11.5 Å². The van der Waals surface area contributed by atoms with Crippen LogP contribution in [-0.4, -0.2) is 23.2 Å². The molecule has 1 unspecified atom stereocenters. The predicted molar refractivity (Wildman–Crippen MR) is 106 cm³/mol. The molecule has 0 aliphatic rings. The standard InChI is InChI=1S/C20H25NO3.BrH/c1-20(21,19(22)23)13-5-6-14-24-18-11-9-17(10-12-18)15-16-7-3-2-4-8-16;/h2-4,7-12H,5-6,13-15,21H2,1H3,(H,22,23);1H. The molecule has 0 aliphatic heterocycles. The predicted octanol–water partition coefficient (Wildman–Crippen LogP) is 4.21. The number of carboxylic acids is 1. The maximum atomic E-state index is 10.9. The summed E-state index contributed by atoms with van der Waals surface area (Å²) in [6.07, 6.45) is 2.87. The minimum atomic E-state index is -1.15. The maximum Gasteiger partial charge on any atom is 0.323 e. The van der Waals surface area contributed by atoms with Crippen molar-refractivity contribution < 1.29 is 14.6 Å². The molecule has 0 spiro atoms. The van der Waals surface area contributed by atoms with Gasteiger partial charge in [-0.3, -0.25) is 4.79 Å². The van der Waals surface area contributed by atoms with Gasteiger partial charge in [0.15, 0.2) is 0 Å². The molecule has 1 atom stereocenters. The third-order valence-electron chi connectivity index (χ3n) is 4.02. The van der Waals surface area contributed by atoms with Crippen molar-refractivity contribution >= 4 is 23.0 Å². The third-order valence-corrected chi connectivity index (χ3v) is 4.02. The minimum absolute atomic E-state index is 0. The normalized spacial score (nSPS) is 12.7. The molecular formula is C20H26BrNO3. The Bertz CT molecular complexity index is 642. The van der Waals surface area contributed by atoms with Crippen LogP contribution in [0.1, 0.15) is 37.3 Å². The van der Waals surface area contributed by atoms with E-state index in [1.54, 1.807) is 6.92 Å². The number of ether oxygens (including phenoxy) is 1. The van der Waals surface area contributed by atoms with Crippen molar-refractivity contribution in [2.24, 2.45) is 5.73 Å². The lowest BCUT2D eigenvalue weighted by atomic mass is 9.97. The Morgan fingerprint density at radius 2 is 1.64 bits per heavy atom. The number of rotatable bonds is 9. The molecule has 5 heteroatoms. The van der Waals surface area contributed by atoms with Gasteiger partial charge in [-0.25, -0.2) is 0 Å². The smallest absolute Gasteiger partial charge is 0.323 e. The Balaban J connectivity index is 0.00000312. The largest absolute Gasteiger partial charge is 0.494 e. The number of carbonyl (C=O) groups is 1. The number of carboxylic acid groups (broad SMARTS) is 1. The van der Waals surface area contributed by atoms with Gasteiger partial charge in [0.2, 0.25) is 0 Å². The Hall–Kier alpha value is -1.85. The highest BCUT2D eigenvalue weighted by atomic mass is 79.9. The van der Waals surface area contributed by atoms with Gasteiger partial charge in [-0.1, -0.05) is 42.5 Å². The van der Waals surface area contributed by atoms with Crippen molar-refractivity contribution in [2.45, 2.75) is 38.1 Å². The molecule has 136 valence electrons. The van der Waals surface area contributed by atoms with E-state index in [9.17, 15) is 4.79 Å². The van der Waals surface area contributed by atoms with Crippen molar-refractivity contribution in [3.8, 4) is 5.75 Å². The molecule has 0 heterocycles. The Morgan fingerprint density at radius 3 is 2.24 bits per heavy atom. The molecule has 4 nitrogen and oxygen atoms in total. The topological polar surface area (TPSA) is 72.5 Å². The van der Waals surface area contributed by atoms with Gasteiger partial charge in [0.1, 0.15) is 11.3 Å². The number of nitrogens with two attached hydrogens (primary N) is 1. The SMILES string of the molecule is Br.CC(N)(CCCCOc1ccc(Cc2ccccc2)cc1)C(=O)O. The summed E-state index contributed by atoms with van der Waals surface area (Å²) in [5, 5.41) is 8.95. The summed E-state index contributed by atoms with van der Waals surface area (Å²) >= 11 is 0. The van der Waals surface area contributed by atoms with Gasteiger partial charge in [0, 0.05) is 0 Å². The summed E-state index contributed by atoms with van der Waals surface area (Å²) < 4.78 is 5.70. The van der Waals surface area contributed by atoms with Crippen LogP contribution in [0.3, 0.4) is 0 Å². The van der Waals surface area contributed by atoms with Gasteiger partial charge < -0.3 is 15.6 Å². The van der Waals surface area contributed by atoms with Crippen molar-refractivity contribution in [3.63, 3.8) is 0 Å². The molecule has 3 N–H and O–H groups in total. The van der Waals surface area contributed by atoms with Crippen molar-refractivity contribution in [3.05, 3.63) is 65.7 Å². The average Bonchev–Trinajstić information content (AvgIpc) is 2.57. The summed E-state index contributed by atoms with van der Waals surface area (Å²) in [5.41, 5.74) is 7.07. The molecule has 25 heavy (non-hydrogen) atoms. The first-order valence-corrected chi connectivity index (χ1v) is 8.25. The summed E-state index contributed by atoms with van der Waals surface area (Å²) in [6.45, 7) is 2.11. The zero-order valence-electron chi connectivity index (χ0n) is 14.5. The van der Waals surface area contributed by atoms with E-state index in [1.807, 2.05) is 30.3 Å². The van der Waals surface area contributed by atoms with E-state index >= 15 is 0 Å². The van der Waals surface area contributed by atoms with Crippen molar-refractivity contribution in [1.82, 2.24) is 0 Å². The second-order valence-corrected chi connectivity index (χ2v) is 6.33. The summed E-state index contributed by atoms with van der Waals surface area (Å²) in [6, 6.07) is 18.4. The molecule has 0 saturated heterocycles. The molecule has 2 rings (SSSR count). The highest BCUT2D eigenvalue weighted by Crippen LogP contribution is 2.16. The van der Waals surface area contributed by atoms with Crippen LogP contribution in [0.15, 0.2) is 54.6 Å². The Morgan fingerprint density at radius 1 is 1.04 bits per heavy atom. The highest BCUT2D eigenvalue weighted by molar-refractivity contribution is 8.93. The van der Waals surface area contributed by atoms with Crippen LogP contribution in [-0.2, 0) is 11.2 Å². The summed E-state index contributed by atoms with van der Waals surface area (Å²) in [7, 11) is 0. The number of benzene rings is 2. The lowest BCUT2D eigenvalue weighted by Crippen LogP contribution is -2.44. The molecule has 0 aliphatic carbocycles. The van der Waals surface area contributed by atoms with E-state index in [2.05, 4.69) is 24.3 Å². The maximum absolute atomic E-state index is 10.9. The fourth-order valence-corrected chi connectivity index (χ4v) is 2.43. The third kappa shape index (κ3) is 7.28. The first-order valence-electron chi connectivity index (χ1n) is 8.25. The summed E-state index contributed by atoms with van der Waals surface area (Å²) in [4.78, 5) is 10.9. The van der Waals surface area contributed by atoms with Crippen molar-refractivity contribution in [1.29, 1.82) is 0 Å². The fourth-order valence-electron chi connectivity index (χ4n) is 2.43. The average molecular weight is 408 g/mol. The first-order chi connectivity index (χ1) is 11.5. The molecule has 0 radical (unpaired) electrons. The summed E-state index contributed by atoms with van der Waals surface area (Å²) in [5.74, 6) is -0.127. The molecule has 0 saturated carbocycles.